The fraction of sp³-hybridized carbons (Fsp3) is 0.286. The van der Waals surface area contributed by atoms with E-state index in [1.807, 2.05) is 38.2 Å². The van der Waals surface area contributed by atoms with Gasteiger partial charge in [-0.15, -0.1) is 0 Å². The van der Waals surface area contributed by atoms with Gasteiger partial charge in [0.2, 0.25) is 0 Å². The molecular formula is C14H17N3O2. The summed E-state index contributed by atoms with van der Waals surface area (Å²) in [6, 6.07) is 7.44. The lowest BCUT2D eigenvalue weighted by Crippen LogP contribution is -2.00. The van der Waals surface area contributed by atoms with E-state index in [0.29, 0.717) is 11.6 Å². The number of hydrogen-bond acceptors (Lipinski definition) is 5. The van der Waals surface area contributed by atoms with Gasteiger partial charge in [-0.2, -0.15) is 0 Å². The number of hydrogen-bond donors (Lipinski definition) is 1. The third kappa shape index (κ3) is 2.76. The quantitative estimate of drug-likeness (QED) is 0.914. The molecule has 0 aliphatic heterocycles. The molecule has 5 nitrogen and oxygen atoms in total. The van der Waals surface area contributed by atoms with Crippen molar-refractivity contribution in [3.63, 3.8) is 0 Å². The maximum absolute atomic E-state index is 5.36. The second kappa shape index (κ2) is 5.56. The number of benzene rings is 1. The zero-order valence-corrected chi connectivity index (χ0v) is 11.5. The van der Waals surface area contributed by atoms with Crippen molar-refractivity contribution in [2.24, 2.45) is 0 Å². The lowest BCUT2D eigenvalue weighted by molar-refractivity contribution is 0.404. The molecule has 0 radical (unpaired) electrons. The van der Waals surface area contributed by atoms with Crippen LogP contribution in [0.1, 0.15) is 5.69 Å². The van der Waals surface area contributed by atoms with E-state index in [0.717, 1.165) is 22.8 Å². The molecule has 1 heterocycles. The second-order valence-electron chi connectivity index (χ2n) is 4.03. The average molecular weight is 259 g/mol. The van der Waals surface area contributed by atoms with Crippen LogP contribution in [-0.2, 0) is 0 Å². The van der Waals surface area contributed by atoms with Gasteiger partial charge in [-0.3, -0.25) is 0 Å². The van der Waals surface area contributed by atoms with Crippen LogP contribution in [0.25, 0.3) is 11.4 Å². The number of aryl methyl sites for hydroxylation is 1. The van der Waals surface area contributed by atoms with E-state index in [2.05, 4.69) is 15.3 Å². The summed E-state index contributed by atoms with van der Waals surface area (Å²) in [7, 11) is 5.08. The highest BCUT2D eigenvalue weighted by atomic mass is 16.5. The van der Waals surface area contributed by atoms with Crippen molar-refractivity contribution >= 4 is 5.82 Å². The van der Waals surface area contributed by atoms with Crippen LogP contribution in [0.15, 0.2) is 24.3 Å². The van der Waals surface area contributed by atoms with E-state index in [9.17, 15) is 0 Å². The van der Waals surface area contributed by atoms with Crippen LogP contribution < -0.4 is 14.8 Å². The summed E-state index contributed by atoms with van der Waals surface area (Å²) in [6.07, 6.45) is 0. The van der Waals surface area contributed by atoms with Gasteiger partial charge in [-0.05, 0) is 25.1 Å². The zero-order valence-electron chi connectivity index (χ0n) is 11.5. The van der Waals surface area contributed by atoms with E-state index >= 15 is 0 Å². The fourth-order valence-electron chi connectivity index (χ4n) is 1.81. The molecule has 2 aromatic rings. The standard InChI is InChI=1S/C14H17N3O2/c1-9-7-13(15-2)17-14(16-9)11-8-10(18-3)5-6-12(11)19-4/h5-8H,1-4H3,(H,15,16,17). The molecule has 1 aromatic carbocycles. The van der Waals surface area contributed by atoms with Gasteiger partial charge in [-0.1, -0.05) is 0 Å². The highest BCUT2D eigenvalue weighted by Crippen LogP contribution is 2.31. The maximum Gasteiger partial charge on any atom is 0.165 e. The number of nitrogens with zero attached hydrogens (tertiary/aromatic N) is 2. The number of methoxy groups -OCH3 is 2. The Kier molecular flexibility index (Phi) is 3.85. The molecule has 0 spiro atoms. The molecule has 0 amide bonds. The Bertz CT molecular complexity index is 585. The third-order valence-electron chi connectivity index (χ3n) is 2.76. The second-order valence-corrected chi connectivity index (χ2v) is 4.03. The summed E-state index contributed by atoms with van der Waals surface area (Å²) in [5.74, 6) is 2.84. The first-order valence-electron chi connectivity index (χ1n) is 5.93. The highest BCUT2D eigenvalue weighted by molar-refractivity contribution is 5.67. The van der Waals surface area contributed by atoms with Crippen LogP contribution in [0, 0.1) is 6.92 Å². The van der Waals surface area contributed by atoms with E-state index in [-0.39, 0.29) is 0 Å². The molecule has 100 valence electrons. The van der Waals surface area contributed by atoms with Crippen molar-refractivity contribution in [1.29, 1.82) is 0 Å². The minimum atomic E-state index is 0.611. The minimum Gasteiger partial charge on any atom is -0.497 e. The monoisotopic (exact) mass is 259 g/mol. The van der Waals surface area contributed by atoms with Crippen LogP contribution in [-0.4, -0.2) is 31.2 Å². The number of ether oxygens (including phenoxy) is 2. The lowest BCUT2D eigenvalue weighted by Gasteiger charge is -2.11. The Balaban J connectivity index is 2.59. The van der Waals surface area contributed by atoms with E-state index in [4.69, 9.17) is 9.47 Å². The Morgan fingerprint density at radius 1 is 1.05 bits per heavy atom. The van der Waals surface area contributed by atoms with Gasteiger partial charge in [0.15, 0.2) is 5.82 Å². The lowest BCUT2D eigenvalue weighted by atomic mass is 10.1. The molecule has 5 heteroatoms. The number of nitrogens with one attached hydrogen (secondary N) is 1. The van der Waals surface area contributed by atoms with Crippen molar-refractivity contribution in [1.82, 2.24) is 9.97 Å². The molecule has 0 aliphatic carbocycles. The number of rotatable bonds is 4. The van der Waals surface area contributed by atoms with Crippen molar-refractivity contribution < 1.29 is 9.47 Å². The summed E-state index contributed by atoms with van der Waals surface area (Å²) in [6.45, 7) is 1.93. The van der Waals surface area contributed by atoms with Gasteiger partial charge >= 0.3 is 0 Å². The minimum absolute atomic E-state index is 0.611. The summed E-state index contributed by atoms with van der Waals surface area (Å²) < 4.78 is 10.6. The summed E-state index contributed by atoms with van der Waals surface area (Å²) in [5, 5.41) is 3.02. The Morgan fingerprint density at radius 2 is 1.84 bits per heavy atom. The molecule has 0 saturated heterocycles. The molecule has 0 bridgehead atoms. The SMILES string of the molecule is CNc1cc(C)nc(-c2cc(OC)ccc2OC)n1. The third-order valence-corrected chi connectivity index (χ3v) is 2.76. The zero-order chi connectivity index (χ0) is 13.8. The van der Waals surface area contributed by atoms with Crippen LogP contribution in [0.5, 0.6) is 11.5 Å². The predicted molar refractivity (Wildman–Crippen MR) is 74.9 cm³/mol. The van der Waals surface area contributed by atoms with E-state index in [1.54, 1.807) is 14.2 Å². The van der Waals surface area contributed by atoms with E-state index in [1.165, 1.54) is 0 Å². The van der Waals surface area contributed by atoms with Crippen LogP contribution in [0.4, 0.5) is 5.82 Å². The summed E-state index contributed by atoms with van der Waals surface area (Å²) in [4.78, 5) is 8.90. The van der Waals surface area contributed by atoms with Crippen molar-refractivity contribution in [2.75, 3.05) is 26.6 Å². The molecule has 1 aromatic heterocycles. The molecule has 1 N–H and O–H groups in total. The molecule has 0 fully saturated rings. The van der Waals surface area contributed by atoms with Gasteiger partial charge in [-0.25, -0.2) is 9.97 Å². The predicted octanol–water partition coefficient (Wildman–Crippen LogP) is 2.51. The topological polar surface area (TPSA) is 56.3 Å². The Hall–Kier alpha value is -2.30. The van der Waals surface area contributed by atoms with Crippen LogP contribution in [0.3, 0.4) is 0 Å². The van der Waals surface area contributed by atoms with Crippen LogP contribution >= 0.6 is 0 Å². The molecule has 0 aliphatic rings. The molecule has 19 heavy (non-hydrogen) atoms. The number of anilines is 1. The van der Waals surface area contributed by atoms with Gasteiger partial charge in [0.1, 0.15) is 17.3 Å². The summed E-state index contributed by atoms with van der Waals surface area (Å²) >= 11 is 0. The van der Waals surface area contributed by atoms with Gasteiger partial charge < -0.3 is 14.8 Å². The maximum atomic E-state index is 5.36. The highest BCUT2D eigenvalue weighted by Gasteiger charge is 2.11. The van der Waals surface area contributed by atoms with E-state index < -0.39 is 0 Å². The first-order chi connectivity index (χ1) is 9.17. The largest absolute Gasteiger partial charge is 0.497 e. The van der Waals surface area contributed by atoms with Crippen molar-refractivity contribution in [2.45, 2.75) is 6.92 Å². The number of aromatic nitrogens is 2. The molecule has 2 rings (SSSR count). The van der Waals surface area contributed by atoms with Crippen LogP contribution in [0.2, 0.25) is 0 Å². The molecule has 0 atom stereocenters. The average Bonchev–Trinajstić information content (AvgIpc) is 2.45. The van der Waals surface area contributed by atoms with Gasteiger partial charge in [0.05, 0.1) is 19.8 Å². The van der Waals surface area contributed by atoms with Gasteiger partial charge in [0.25, 0.3) is 0 Å². The first-order valence-corrected chi connectivity index (χ1v) is 5.93. The Labute approximate surface area is 112 Å². The molecule has 0 unspecified atom stereocenters. The Morgan fingerprint density at radius 3 is 2.47 bits per heavy atom. The van der Waals surface area contributed by atoms with Crippen molar-refractivity contribution in [3.8, 4) is 22.9 Å². The molecular weight excluding hydrogens is 242 g/mol. The molecule has 0 saturated carbocycles. The summed E-state index contributed by atoms with van der Waals surface area (Å²) in [5.41, 5.74) is 1.70. The normalized spacial score (nSPS) is 10.1. The smallest absolute Gasteiger partial charge is 0.165 e. The van der Waals surface area contributed by atoms with Gasteiger partial charge in [0, 0.05) is 18.8 Å². The fourth-order valence-corrected chi connectivity index (χ4v) is 1.81. The first kappa shape index (κ1) is 13.1. The van der Waals surface area contributed by atoms with Crippen molar-refractivity contribution in [3.05, 3.63) is 30.0 Å².